The predicted molar refractivity (Wildman–Crippen MR) is 112 cm³/mol. The van der Waals surface area contributed by atoms with Crippen molar-refractivity contribution in [1.82, 2.24) is 29.9 Å². The fourth-order valence-corrected chi connectivity index (χ4v) is 4.67. The van der Waals surface area contributed by atoms with Gasteiger partial charge in [0.1, 0.15) is 11.8 Å². The number of nitrogens with zero attached hydrogens (tertiary/aromatic N) is 9. The second-order valence-electron chi connectivity index (χ2n) is 7.87. The van der Waals surface area contributed by atoms with Gasteiger partial charge in [0.15, 0.2) is 11.5 Å². The zero-order chi connectivity index (χ0) is 21.2. The Morgan fingerprint density at radius 3 is 2.81 bits per heavy atom. The second kappa shape index (κ2) is 8.13. The fourth-order valence-electron chi connectivity index (χ4n) is 4.67. The van der Waals surface area contributed by atoms with Gasteiger partial charge in [0.25, 0.3) is 0 Å². The molecule has 2 fully saturated rings. The van der Waals surface area contributed by atoms with Crippen LogP contribution in [0.3, 0.4) is 0 Å². The molecule has 2 saturated heterocycles. The minimum absolute atomic E-state index is 0.214. The molecule has 9 heteroatoms. The molecule has 2 aromatic heterocycles. The Morgan fingerprint density at radius 2 is 1.94 bits per heavy atom. The third-order valence-corrected chi connectivity index (χ3v) is 6.12. The summed E-state index contributed by atoms with van der Waals surface area (Å²) in [6.45, 7) is 2.48. The summed E-state index contributed by atoms with van der Waals surface area (Å²) in [6.07, 6.45) is 8.44. The Labute approximate surface area is 180 Å². The molecular weight excluding hydrogens is 390 g/mol. The third-order valence-electron chi connectivity index (χ3n) is 6.12. The van der Waals surface area contributed by atoms with Gasteiger partial charge in [-0.2, -0.15) is 10.5 Å². The van der Waals surface area contributed by atoms with Gasteiger partial charge >= 0.3 is 0 Å². The number of hydrogen-bond donors (Lipinski definition) is 0. The zero-order valence-electron chi connectivity index (χ0n) is 17.0. The molecule has 31 heavy (non-hydrogen) atoms. The lowest BCUT2D eigenvalue weighted by atomic mass is 9.92. The summed E-state index contributed by atoms with van der Waals surface area (Å²) >= 11 is 0. The van der Waals surface area contributed by atoms with Crippen molar-refractivity contribution in [2.75, 3.05) is 24.5 Å². The first-order chi connectivity index (χ1) is 15.3. The molecule has 0 radical (unpaired) electrons. The number of fused-ring (bicyclic) bond motifs is 1. The van der Waals surface area contributed by atoms with Crippen molar-refractivity contribution < 1.29 is 0 Å². The lowest BCUT2D eigenvalue weighted by Crippen LogP contribution is -2.56. The van der Waals surface area contributed by atoms with Crippen molar-refractivity contribution in [2.45, 2.75) is 31.3 Å². The number of piperazine rings is 1. The Hall–Kier alpha value is -3.82. The van der Waals surface area contributed by atoms with Gasteiger partial charge in [-0.05, 0) is 37.5 Å². The molecule has 3 aromatic rings. The highest BCUT2D eigenvalue weighted by molar-refractivity contribution is 5.50. The lowest BCUT2D eigenvalue weighted by Gasteiger charge is -2.48. The van der Waals surface area contributed by atoms with E-state index in [0.29, 0.717) is 23.1 Å². The largest absolute Gasteiger partial charge is 0.351 e. The van der Waals surface area contributed by atoms with Gasteiger partial charge in [-0.3, -0.25) is 4.90 Å². The van der Waals surface area contributed by atoms with Crippen LogP contribution in [0.5, 0.6) is 0 Å². The normalized spacial score (nSPS) is 21.2. The molecule has 2 unspecified atom stereocenters. The molecule has 9 nitrogen and oxygen atoms in total. The van der Waals surface area contributed by atoms with Crippen LogP contribution in [-0.2, 0) is 0 Å². The zero-order valence-corrected chi connectivity index (χ0v) is 17.0. The van der Waals surface area contributed by atoms with E-state index in [-0.39, 0.29) is 6.04 Å². The Bertz CT molecular complexity index is 1170. The first-order valence-electron chi connectivity index (χ1n) is 10.4. The van der Waals surface area contributed by atoms with E-state index in [1.54, 1.807) is 23.1 Å². The molecule has 2 aliphatic rings. The number of nitriles is 2. The van der Waals surface area contributed by atoms with Crippen LogP contribution in [-0.4, -0.2) is 55.5 Å². The molecule has 0 bridgehead atoms. The number of rotatable bonds is 3. The highest BCUT2D eigenvalue weighted by Gasteiger charge is 2.37. The number of piperidine rings is 1. The van der Waals surface area contributed by atoms with E-state index in [0.717, 1.165) is 50.3 Å². The third kappa shape index (κ3) is 3.60. The lowest BCUT2D eigenvalue weighted by molar-refractivity contribution is 0.0691. The maximum atomic E-state index is 9.38. The van der Waals surface area contributed by atoms with Crippen LogP contribution in [0.1, 0.15) is 42.3 Å². The molecule has 0 amide bonds. The number of anilines is 1. The van der Waals surface area contributed by atoms with Gasteiger partial charge < -0.3 is 4.90 Å². The second-order valence-corrected chi connectivity index (χ2v) is 7.87. The average molecular weight is 411 g/mol. The Morgan fingerprint density at radius 1 is 1.03 bits per heavy atom. The number of benzene rings is 1. The minimum Gasteiger partial charge on any atom is -0.351 e. The fraction of sp³-hybridized carbons (Fsp3) is 0.364. The molecule has 154 valence electrons. The van der Waals surface area contributed by atoms with Crippen LogP contribution in [0.2, 0.25) is 0 Å². The maximum Gasteiger partial charge on any atom is 0.183 e. The summed E-state index contributed by atoms with van der Waals surface area (Å²) in [5.41, 5.74) is 2.77. The van der Waals surface area contributed by atoms with Gasteiger partial charge in [0.05, 0.1) is 29.6 Å². The molecule has 0 aliphatic carbocycles. The molecule has 1 aromatic carbocycles. The molecule has 4 heterocycles. The van der Waals surface area contributed by atoms with Crippen molar-refractivity contribution in [3.63, 3.8) is 0 Å². The first kappa shape index (κ1) is 19.2. The molecule has 2 atom stereocenters. The SMILES string of the molecule is N#Cc1cccc(-n2cc(C3CCCC4CN(c5nccnc5C#N)CCN43)nn2)c1. The van der Waals surface area contributed by atoms with Crippen LogP contribution >= 0.6 is 0 Å². The number of hydrogen-bond acceptors (Lipinski definition) is 8. The van der Waals surface area contributed by atoms with Crippen molar-refractivity contribution in [1.29, 1.82) is 10.5 Å². The summed E-state index contributed by atoms with van der Waals surface area (Å²) in [7, 11) is 0. The first-order valence-corrected chi connectivity index (χ1v) is 10.4. The summed E-state index contributed by atoms with van der Waals surface area (Å²) in [4.78, 5) is 13.3. The van der Waals surface area contributed by atoms with Gasteiger partial charge in [0.2, 0.25) is 0 Å². The van der Waals surface area contributed by atoms with Gasteiger partial charge in [-0.25, -0.2) is 14.6 Å². The van der Waals surface area contributed by atoms with E-state index in [1.165, 1.54) is 0 Å². The molecular formula is C22H21N9. The van der Waals surface area contributed by atoms with E-state index < -0.39 is 0 Å². The van der Waals surface area contributed by atoms with Crippen LogP contribution < -0.4 is 4.90 Å². The van der Waals surface area contributed by atoms with Crippen molar-refractivity contribution in [3.05, 3.63) is 59.8 Å². The van der Waals surface area contributed by atoms with Crippen molar-refractivity contribution >= 4 is 5.82 Å². The average Bonchev–Trinajstić information content (AvgIpc) is 3.33. The summed E-state index contributed by atoms with van der Waals surface area (Å²) in [5, 5.41) is 27.3. The molecule has 5 rings (SSSR count). The number of aromatic nitrogens is 5. The minimum atomic E-state index is 0.214. The van der Waals surface area contributed by atoms with Crippen LogP contribution in [0, 0.1) is 22.7 Å². The molecule has 0 saturated carbocycles. The smallest absolute Gasteiger partial charge is 0.183 e. The topological polar surface area (TPSA) is 111 Å². The predicted octanol–water partition coefficient (Wildman–Crippen LogP) is 2.22. The Balaban J connectivity index is 1.36. The van der Waals surface area contributed by atoms with Gasteiger partial charge in [-0.15, -0.1) is 5.10 Å². The van der Waals surface area contributed by atoms with E-state index >= 15 is 0 Å². The molecule has 0 N–H and O–H groups in total. The van der Waals surface area contributed by atoms with Crippen molar-refractivity contribution in [2.24, 2.45) is 0 Å². The highest BCUT2D eigenvalue weighted by Crippen LogP contribution is 2.36. The van der Waals surface area contributed by atoms with Crippen LogP contribution in [0.15, 0.2) is 42.9 Å². The van der Waals surface area contributed by atoms with E-state index in [9.17, 15) is 5.26 Å². The summed E-state index contributed by atoms with van der Waals surface area (Å²) in [5.74, 6) is 0.676. The maximum absolute atomic E-state index is 9.38. The quantitative estimate of drug-likeness (QED) is 0.645. The van der Waals surface area contributed by atoms with Crippen LogP contribution in [0.25, 0.3) is 5.69 Å². The molecule has 2 aliphatic heterocycles. The van der Waals surface area contributed by atoms with Crippen LogP contribution in [0.4, 0.5) is 5.82 Å². The van der Waals surface area contributed by atoms with Crippen molar-refractivity contribution in [3.8, 4) is 17.8 Å². The van der Waals surface area contributed by atoms with E-state index in [2.05, 4.69) is 42.2 Å². The van der Waals surface area contributed by atoms with Gasteiger partial charge in [-0.1, -0.05) is 11.3 Å². The monoisotopic (exact) mass is 411 g/mol. The van der Waals surface area contributed by atoms with E-state index in [1.807, 2.05) is 24.4 Å². The van der Waals surface area contributed by atoms with E-state index in [4.69, 9.17) is 5.26 Å². The molecule has 0 spiro atoms. The highest BCUT2D eigenvalue weighted by atomic mass is 15.4. The summed E-state index contributed by atoms with van der Waals surface area (Å²) in [6, 6.07) is 12.3. The Kier molecular flexibility index (Phi) is 5.03. The standard InChI is InChI=1S/C22H21N9/c23-12-16-3-1-4-17(11-16)31-15-20(27-28-31)21-6-2-5-18-14-29(9-10-30(18)21)22-19(13-24)25-7-8-26-22/h1,3-4,7-8,11,15,18,21H,2,5-6,9-10,14H2. The summed E-state index contributed by atoms with van der Waals surface area (Å²) < 4.78 is 1.74. The van der Waals surface area contributed by atoms with Gasteiger partial charge in [0, 0.05) is 38.1 Å².